The summed E-state index contributed by atoms with van der Waals surface area (Å²) < 4.78 is 7.42. The van der Waals surface area contributed by atoms with Crippen LogP contribution in [-0.2, 0) is 5.75 Å². The lowest BCUT2D eigenvalue weighted by Crippen LogP contribution is -2.00. The molecule has 29 heavy (non-hydrogen) atoms. The molecule has 1 heterocycles. The van der Waals surface area contributed by atoms with Gasteiger partial charge in [0.2, 0.25) is 0 Å². The monoisotopic (exact) mass is 398 g/mol. The molecular weight excluding hydrogens is 380 g/mol. The Balaban J connectivity index is 1.72. The van der Waals surface area contributed by atoms with Crippen molar-refractivity contribution in [3.05, 3.63) is 90.0 Å². The molecule has 5 nitrogen and oxygen atoms in total. The summed E-state index contributed by atoms with van der Waals surface area (Å²) in [4.78, 5) is 0. The third-order valence-electron chi connectivity index (χ3n) is 4.40. The summed E-state index contributed by atoms with van der Waals surface area (Å²) in [6, 6.07) is 27.7. The summed E-state index contributed by atoms with van der Waals surface area (Å²) >= 11 is 1.59. The minimum absolute atomic E-state index is 0.657. The van der Waals surface area contributed by atoms with Crippen molar-refractivity contribution in [1.29, 1.82) is 5.26 Å². The fourth-order valence-corrected chi connectivity index (χ4v) is 3.90. The van der Waals surface area contributed by atoms with E-state index in [4.69, 9.17) is 10.00 Å². The first kappa shape index (κ1) is 18.8. The van der Waals surface area contributed by atoms with Gasteiger partial charge in [0.05, 0.1) is 18.7 Å². The molecule has 0 aliphatic carbocycles. The molecule has 0 bridgehead atoms. The lowest BCUT2D eigenvalue weighted by molar-refractivity contribution is 0.415. The normalized spacial score (nSPS) is 10.5. The molecular formula is C23H18N4OS. The van der Waals surface area contributed by atoms with E-state index in [1.807, 2.05) is 83.4 Å². The van der Waals surface area contributed by atoms with E-state index in [9.17, 15) is 0 Å². The number of rotatable bonds is 6. The van der Waals surface area contributed by atoms with Gasteiger partial charge in [0.25, 0.3) is 0 Å². The van der Waals surface area contributed by atoms with Crippen molar-refractivity contribution in [2.75, 3.05) is 7.11 Å². The third kappa shape index (κ3) is 4.15. The predicted octanol–water partition coefficient (Wildman–Crippen LogP) is 5.11. The second-order valence-electron chi connectivity index (χ2n) is 6.31. The molecule has 0 aliphatic heterocycles. The maximum atomic E-state index is 9.12. The van der Waals surface area contributed by atoms with Gasteiger partial charge in [0, 0.05) is 17.0 Å². The van der Waals surface area contributed by atoms with E-state index < -0.39 is 0 Å². The van der Waals surface area contributed by atoms with Crippen LogP contribution in [-0.4, -0.2) is 21.9 Å². The van der Waals surface area contributed by atoms with Gasteiger partial charge < -0.3 is 4.74 Å². The lowest BCUT2D eigenvalue weighted by Gasteiger charge is -2.11. The van der Waals surface area contributed by atoms with E-state index in [2.05, 4.69) is 16.3 Å². The van der Waals surface area contributed by atoms with Crippen molar-refractivity contribution >= 4 is 11.8 Å². The van der Waals surface area contributed by atoms with Gasteiger partial charge in [-0.05, 0) is 42.0 Å². The average Bonchev–Trinajstić information content (AvgIpc) is 3.22. The Morgan fingerprint density at radius 1 is 0.966 bits per heavy atom. The highest BCUT2D eigenvalue weighted by Gasteiger charge is 2.16. The van der Waals surface area contributed by atoms with Crippen molar-refractivity contribution in [3.63, 3.8) is 0 Å². The molecule has 0 spiro atoms. The Bertz CT molecular complexity index is 1160. The first-order valence-electron chi connectivity index (χ1n) is 9.05. The zero-order valence-electron chi connectivity index (χ0n) is 15.8. The predicted molar refractivity (Wildman–Crippen MR) is 114 cm³/mol. The lowest BCUT2D eigenvalue weighted by atomic mass is 10.2. The number of nitrogens with zero attached hydrogens (tertiary/aromatic N) is 4. The minimum atomic E-state index is 0.657. The quantitative estimate of drug-likeness (QED) is 0.423. The van der Waals surface area contributed by atoms with Gasteiger partial charge in [-0.15, -0.1) is 10.2 Å². The van der Waals surface area contributed by atoms with Crippen LogP contribution in [0.3, 0.4) is 0 Å². The molecule has 0 saturated heterocycles. The van der Waals surface area contributed by atoms with Crippen molar-refractivity contribution < 1.29 is 4.74 Å². The molecule has 0 fully saturated rings. The Hall–Kier alpha value is -3.56. The number of aromatic nitrogens is 3. The molecule has 0 atom stereocenters. The summed E-state index contributed by atoms with van der Waals surface area (Å²) in [5, 5.41) is 18.8. The maximum absolute atomic E-state index is 9.12. The van der Waals surface area contributed by atoms with Crippen LogP contribution >= 0.6 is 11.8 Å². The van der Waals surface area contributed by atoms with Crippen LogP contribution in [0.5, 0.6) is 5.75 Å². The summed E-state index contributed by atoms with van der Waals surface area (Å²) in [6.45, 7) is 0. The van der Waals surface area contributed by atoms with E-state index in [1.54, 1.807) is 18.9 Å². The maximum Gasteiger partial charge on any atom is 0.196 e. The van der Waals surface area contributed by atoms with Crippen LogP contribution in [0.2, 0.25) is 0 Å². The van der Waals surface area contributed by atoms with Crippen LogP contribution in [0.4, 0.5) is 0 Å². The number of thioether (sulfide) groups is 1. The van der Waals surface area contributed by atoms with Gasteiger partial charge >= 0.3 is 0 Å². The van der Waals surface area contributed by atoms with Crippen molar-refractivity contribution in [2.45, 2.75) is 10.9 Å². The molecule has 6 heteroatoms. The van der Waals surface area contributed by atoms with E-state index >= 15 is 0 Å². The summed E-state index contributed by atoms with van der Waals surface area (Å²) in [5.41, 5.74) is 3.65. The third-order valence-corrected chi connectivity index (χ3v) is 5.40. The molecule has 1 aromatic heterocycles. The number of methoxy groups -OCH3 is 1. The summed E-state index contributed by atoms with van der Waals surface area (Å²) in [6.07, 6.45) is 0. The standard InChI is InChI=1S/C23H18N4OS/c1-28-21-12-6-9-19(14-21)22-25-26-23(27(22)20-10-3-2-4-11-20)29-16-18-8-5-7-17(13-18)15-24/h2-14H,16H2,1H3. The highest BCUT2D eigenvalue weighted by Crippen LogP contribution is 2.31. The van der Waals surface area contributed by atoms with Gasteiger partial charge in [-0.1, -0.05) is 54.2 Å². The van der Waals surface area contributed by atoms with Gasteiger partial charge in [-0.3, -0.25) is 4.57 Å². The molecule has 0 aliphatic rings. The molecule has 3 aromatic carbocycles. The number of nitriles is 1. The number of para-hydroxylation sites is 1. The zero-order chi connectivity index (χ0) is 20.1. The Labute approximate surface area is 173 Å². The van der Waals surface area contributed by atoms with Crippen molar-refractivity contribution in [1.82, 2.24) is 14.8 Å². The Kier molecular flexibility index (Phi) is 5.59. The van der Waals surface area contributed by atoms with Crippen LogP contribution in [0, 0.1) is 11.3 Å². The molecule has 0 radical (unpaired) electrons. The van der Waals surface area contributed by atoms with Crippen LogP contribution in [0.25, 0.3) is 17.1 Å². The van der Waals surface area contributed by atoms with Gasteiger partial charge in [-0.2, -0.15) is 5.26 Å². The van der Waals surface area contributed by atoms with Crippen molar-refractivity contribution in [3.8, 4) is 28.9 Å². The number of hydrogen-bond acceptors (Lipinski definition) is 5. The van der Waals surface area contributed by atoms with E-state index in [0.29, 0.717) is 11.3 Å². The molecule has 4 aromatic rings. The second kappa shape index (κ2) is 8.63. The van der Waals surface area contributed by atoms with Crippen molar-refractivity contribution in [2.24, 2.45) is 0 Å². The Morgan fingerprint density at radius 2 is 1.79 bits per heavy atom. The van der Waals surface area contributed by atoms with Gasteiger partial charge in [0.1, 0.15) is 5.75 Å². The molecule has 142 valence electrons. The van der Waals surface area contributed by atoms with E-state index in [-0.39, 0.29) is 0 Å². The highest BCUT2D eigenvalue weighted by molar-refractivity contribution is 7.98. The number of hydrogen-bond donors (Lipinski definition) is 0. The fourth-order valence-electron chi connectivity index (χ4n) is 3.00. The number of ether oxygens (including phenoxy) is 1. The SMILES string of the molecule is COc1cccc(-c2nnc(SCc3cccc(C#N)c3)n2-c2ccccc2)c1. The van der Waals surface area contributed by atoms with Crippen LogP contribution in [0.15, 0.2) is 84.0 Å². The molecule has 0 unspecified atom stereocenters. The summed E-state index contributed by atoms with van der Waals surface area (Å²) in [5.74, 6) is 2.22. The smallest absolute Gasteiger partial charge is 0.196 e. The fraction of sp³-hybridized carbons (Fsp3) is 0.0870. The zero-order valence-corrected chi connectivity index (χ0v) is 16.6. The van der Waals surface area contributed by atoms with Crippen LogP contribution in [0.1, 0.15) is 11.1 Å². The summed E-state index contributed by atoms with van der Waals surface area (Å²) in [7, 11) is 1.65. The Morgan fingerprint density at radius 3 is 2.59 bits per heavy atom. The number of benzene rings is 3. The molecule has 0 amide bonds. The molecule has 4 rings (SSSR count). The van der Waals surface area contributed by atoms with Crippen LogP contribution < -0.4 is 4.74 Å². The van der Waals surface area contributed by atoms with E-state index in [0.717, 1.165) is 33.5 Å². The largest absolute Gasteiger partial charge is 0.497 e. The minimum Gasteiger partial charge on any atom is -0.497 e. The van der Waals surface area contributed by atoms with Gasteiger partial charge in [-0.25, -0.2) is 0 Å². The molecule has 0 saturated carbocycles. The second-order valence-corrected chi connectivity index (χ2v) is 7.25. The first-order valence-corrected chi connectivity index (χ1v) is 10.0. The first-order chi connectivity index (χ1) is 14.3. The average molecular weight is 398 g/mol. The highest BCUT2D eigenvalue weighted by atomic mass is 32.2. The molecule has 0 N–H and O–H groups in total. The topological polar surface area (TPSA) is 63.7 Å². The van der Waals surface area contributed by atoms with Gasteiger partial charge in [0.15, 0.2) is 11.0 Å². The van der Waals surface area contributed by atoms with E-state index in [1.165, 1.54) is 0 Å².